The van der Waals surface area contributed by atoms with Crippen molar-refractivity contribution in [2.24, 2.45) is 0 Å². The fourth-order valence-corrected chi connectivity index (χ4v) is 3.70. The largest absolute Gasteiger partial charge is 0.381 e. The first-order valence-corrected chi connectivity index (χ1v) is 9.99. The number of nitrogens with one attached hydrogen (secondary N) is 1. The zero-order valence-electron chi connectivity index (χ0n) is 17.5. The molecule has 4 rings (SSSR count). The highest BCUT2D eigenvalue weighted by molar-refractivity contribution is 6.03. The number of carbonyl (C=O) groups excluding carboxylic acids is 1. The molecule has 1 aliphatic rings. The minimum absolute atomic E-state index is 0.00815. The van der Waals surface area contributed by atoms with Gasteiger partial charge in [-0.25, -0.2) is 23.8 Å². The highest BCUT2D eigenvalue weighted by Gasteiger charge is 2.30. The first-order chi connectivity index (χ1) is 14.6. The average Bonchev–Trinajstić information content (AvgIpc) is 3.30. The maximum absolute atomic E-state index is 14.4. The molecule has 1 fully saturated rings. The molecule has 3 aromatic rings. The van der Waals surface area contributed by atoms with E-state index in [9.17, 15) is 13.6 Å². The monoisotopic (exact) mass is 430 g/mol. The van der Waals surface area contributed by atoms with Crippen LogP contribution >= 0.6 is 0 Å². The lowest BCUT2D eigenvalue weighted by atomic mass is 10.0. The van der Waals surface area contributed by atoms with Gasteiger partial charge in [0, 0.05) is 18.3 Å². The number of carbonyl (C=O) groups is 1. The molecule has 8 nitrogen and oxygen atoms in total. The molecule has 1 aliphatic heterocycles. The molecule has 3 heterocycles. The van der Waals surface area contributed by atoms with Gasteiger partial charge in [0.15, 0.2) is 11.5 Å². The summed E-state index contributed by atoms with van der Waals surface area (Å²) < 4.78 is 29.6. The maximum Gasteiger partial charge on any atom is 0.282 e. The average molecular weight is 430 g/mol. The van der Waals surface area contributed by atoms with Crippen LogP contribution in [0.25, 0.3) is 5.65 Å². The molecular weight excluding hydrogens is 406 g/mol. The van der Waals surface area contributed by atoms with Crippen LogP contribution in [-0.4, -0.2) is 32.7 Å². The highest BCUT2D eigenvalue weighted by Crippen LogP contribution is 2.37. The van der Waals surface area contributed by atoms with Gasteiger partial charge in [0.1, 0.15) is 23.0 Å². The van der Waals surface area contributed by atoms with Crippen molar-refractivity contribution in [3.8, 4) is 0 Å². The number of anilines is 2. The van der Waals surface area contributed by atoms with Crippen molar-refractivity contribution >= 4 is 23.2 Å². The molecule has 0 radical (unpaired) electrons. The zero-order chi connectivity index (χ0) is 22.3. The predicted octanol–water partition coefficient (Wildman–Crippen LogP) is 3.39. The van der Waals surface area contributed by atoms with Crippen LogP contribution < -0.4 is 16.1 Å². The number of halogens is 2. The summed E-state index contributed by atoms with van der Waals surface area (Å²) in [5.74, 6) is -1.00. The van der Waals surface area contributed by atoms with E-state index in [1.807, 2.05) is 4.90 Å². The fraction of sp³-hybridized carbons (Fsp3) is 0.381. The number of aromatic nitrogens is 3. The molecule has 1 saturated heterocycles. The number of rotatable bonds is 4. The lowest BCUT2D eigenvalue weighted by molar-refractivity contribution is -0.0588. The Balaban J connectivity index is 1.70. The van der Waals surface area contributed by atoms with Crippen LogP contribution in [0, 0.1) is 11.6 Å². The summed E-state index contributed by atoms with van der Waals surface area (Å²) >= 11 is 0. The van der Waals surface area contributed by atoms with Gasteiger partial charge in [0.2, 0.25) is 0 Å². The van der Waals surface area contributed by atoms with Crippen molar-refractivity contribution in [3.05, 3.63) is 53.2 Å². The van der Waals surface area contributed by atoms with Crippen molar-refractivity contribution in [3.63, 3.8) is 0 Å². The zero-order valence-corrected chi connectivity index (χ0v) is 17.5. The number of fused-ring (bicyclic) bond motifs is 1. The second-order valence-corrected chi connectivity index (χ2v) is 8.48. The van der Waals surface area contributed by atoms with E-state index < -0.39 is 23.1 Å². The van der Waals surface area contributed by atoms with Crippen molar-refractivity contribution in [1.82, 2.24) is 20.1 Å². The molecule has 0 aliphatic carbocycles. The lowest BCUT2D eigenvalue weighted by Gasteiger charge is -2.26. The summed E-state index contributed by atoms with van der Waals surface area (Å²) in [5.41, 5.74) is 8.35. The van der Waals surface area contributed by atoms with Crippen LogP contribution in [0.3, 0.4) is 0 Å². The Morgan fingerprint density at radius 1 is 1.29 bits per heavy atom. The number of amides is 1. The van der Waals surface area contributed by atoms with Gasteiger partial charge in [-0.2, -0.15) is 0 Å². The minimum Gasteiger partial charge on any atom is -0.381 e. The Bertz CT molecular complexity index is 1140. The van der Waals surface area contributed by atoms with Crippen LogP contribution in [0.2, 0.25) is 0 Å². The molecule has 0 unspecified atom stereocenters. The van der Waals surface area contributed by atoms with E-state index in [-0.39, 0.29) is 28.6 Å². The third-order valence-electron chi connectivity index (χ3n) is 5.04. The van der Waals surface area contributed by atoms with Crippen molar-refractivity contribution < 1.29 is 18.4 Å². The van der Waals surface area contributed by atoms with Gasteiger partial charge in [0.25, 0.3) is 5.91 Å². The van der Waals surface area contributed by atoms with Gasteiger partial charge in [-0.3, -0.25) is 9.63 Å². The van der Waals surface area contributed by atoms with E-state index in [1.165, 1.54) is 10.6 Å². The first-order valence-electron chi connectivity index (χ1n) is 9.99. The fourth-order valence-electron chi connectivity index (χ4n) is 3.70. The van der Waals surface area contributed by atoms with Gasteiger partial charge < -0.3 is 10.6 Å². The molecule has 1 amide bonds. The lowest BCUT2D eigenvalue weighted by Crippen LogP contribution is -2.34. The Morgan fingerprint density at radius 2 is 2.06 bits per heavy atom. The molecule has 0 bridgehead atoms. The Morgan fingerprint density at radius 3 is 2.81 bits per heavy atom. The van der Waals surface area contributed by atoms with E-state index in [0.29, 0.717) is 18.8 Å². The van der Waals surface area contributed by atoms with Crippen LogP contribution in [-0.2, 0) is 4.84 Å². The molecule has 1 atom stereocenters. The van der Waals surface area contributed by atoms with Crippen molar-refractivity contribution in [2.45, 2.75) is 45.3 Å². The summed E-state index contributed by atoms with van der Waals surface area (Å²) in [7, 11) is 0. The van der Waals surface area contributed by atoms with Gasteiger partial charge >= 0.3 is 0 Å². The molecule has 164 valence electrons. The van der Waals surface area contributed by atoms with E-state index in [0.717, 1.165) is 18.6 Å². The highest BCUT2D eigenvalue weighted by atomic mass is 19.1. The van der Waals surface area contributed by atoms with Gasteiger partial charge in [0.05, 0.1) is 11.6 Å². The summed E-state index contributed by atoms with van der Waals surface area (Å²) in [6, 6.07) is 4.79. The van der Waals surface area contributed by atoms with E-state index in [2.05, 4.69) is 15.6 Å². The number of nitrogens with zero attached hydrogens (tertiary/aromatic N) is 4. The normalized spacial score (nSPS) is 16.8. The molecule has 1 aromatic carbocycles. The van der Waals surface area contributed by atoms with E-state index in [4.69, 9.17) is 10.6 Å². The predicted molar refractivity (Wildman–Crippen MR) is 111 cm³/mol. The Labute approximate surface area is 178 Å². The molecular formula is C21H24F2N6O2. The number of nitrogens with two attached hydrogens (primary N) is 1. The van der Waals surface area contributed by atoms with Crippen LogP contribution in [0.4, 0.5) is 20.4 Å². The molecule has 3 N–H and O–H groups in total. The first kappa shape index (κ1) is 21.0. The second-order valence-electron chi connectivity index (χ2n) is 8.48. The van der Waals surface area contributed by atoms with Crippen LogP contribution in [0.15, 0.2) is 30.5 Å². The standard InChI is InChI=1S/C21H24F2N6O2/c1-21(2,3)31-27-20(30)17-18(24)26-29-10-8-16(25-19(17)29)28-9-4-5-15(28)13-11-12(22)6-7-14(13)23/h6-8,10-11,15H,4-5,9H2,1-3H3,(H2,24,26)(H,27,30)/t15-/m1/s1. The van der Waals surface area contributed by atoms with Crippen molar-refractivity contribution in [2.75, 3.05) is 17.2 Å². The number of benzene rings is 1. The van der Waals surface area contributed by atoms with Crippen molar-refractivity contribution in [1.29, 1.82) is 0 Å². The van der Waals surface area contributed by atoms with Crippen LogP contribution in [0.1, 0.15) is 55.6 Å². The summed E-state index contributed by atoms with van der Waals surface area (Å²) in [6.45, 7) is 5.99. The Kier molecular flexibility index (Phi) is 5.26. The maximum atomic E-state index is 14.4. The third-order valence-corrected chi connectivity index (χ3v) is 5.04. The number of hydroxylamine groups is 1. The van der Waals surface area contributed by atoms with Gasteiger partial charge in [-0.15, -0.1) is 5.10 Å². The summed E-state index contributed by atoms with van der Waals surface area (Å²) in [6.07, 6.45) is 3.08. The van der Waals surface area contributed by atoms with E-state index in [1.54, 1.807) is 33.0 Å². The number of nitrogen functional groups attached to an aromatic ring is 1. The van der Waals surface area contributed by atoms with Gasteiger partial charge in [-0.1, -0.05) is 0 Å². The molecule has 10 heteroatoms. The smallest absolute Gasteiger partial charge is 0.282 e. The van der Waals surface area contributed by atoms with E-state index >= 15 is 0 Å². The van der Waals surface area contributed by atoms with Gasteiger partial charge in [-0.05, 0) is 57.9 Å². The number of hydrogen-bond acceptors (Lipinski definition) is 6. The topological polar surface area (TPSA) is 97.8 Å². The third kappa shape index (κ3) is 4.15. The van der Waals surface area contributed by atoms with Crippen LogP contribution in [0.5, 0.6) is 0 Å². The Hall–Kier alpha value is -3.27. The molecule has 0 saturated carbocycles. The SMILES string of the molecule is CC(C)(C)ONC(=O)c1c(N)nn2ccc(N3CCC[C@@H]3c3cc(F)ccc3F)nc12. The molecule has 31 heavy (non-hydrogen) atoms. The number of hydrogen-bond donors (Lipinski definition) is 2. The second kappa shape index (κ2) is 7.77. The quantitative estimate of drug-likeness (QED) is 0.616. The molecule has 2 aromatic heterocycles. The summed E-state index contributed by atoms with van der Waals surface area (Å²) in [4.78, 5) is 24.5. The minimum atomic E-state index is -0.593. The molecule has 0 spiro atoms. The summed E-state index contributed by atoms with van der Waals surface area (Å²) in [5, 5.41) is 4.14.